The Morgan fingerprint density at radius 2 is 2.00 bits per heavy atom. The molecule has 0 saturated carbocycles. The van der Waals surface area contributed by atoms with E-state index >= 15 is 0 Å². The van der Waals surface area contributed by atoms with Crippen LogP contribution in [0.15, 0.2) is 29.2 Å². The Hall–Kier alpha value is -0.870. The Kier molecular flexibility index (Phi) is 6.16. The zero-order valence-electron chi connectivity index (χ0n) is 7.60. The molecule has 0 aliphatic carbocycles. The van der Waals surface area contributed by atoms with Gasteiger partial charge in [0.1, 0.15) is 6.61 Å². The van der Waals surface area contributed by atoms with E-state index in [1.165, 1.54) is 0 Å². The Morgan fingerprint density at radius 1 is 1.43 bits per heavy atom. The van der Waals surface area contributed by atoms with Gasteiger partial charge in [-0.25, -0.2) is 4.79 Å². The molecule has 1 aromatic carbocycles. The Bertz CT molecular complexity index is 287. The summed E-state index contributed by atoms with van der Waals surface area (Å²) in [6.07, 6.45) is 0.747. The van der Waals surface area contributed by atoms with Crippen molar-refractivity contribution in [2.75, 3.05) is 6.26 Å². The van der Waals surface area contributed by atoms with Crippen LogP contribution in [0, 0.1) is 0 Å². The van der Waals surface area contributed by atoms with Crippen molar-refractivity contribution in [2.24, 2.45) is 0 Å². The first-order valence-corrected chi connectivity index (χ1v) is 4.93. The molecule has 1 rings (SSSR count). The lowest BCUT2D eigenvalue weighted by atomic mass is 10.2. The fourth-order valence-electron chi connectivity index (χ4n) is 0.867. The summed E-state index contributed by atoms with van der Waals surface area (Å²) in [6, 6.07) is 7.58. The largest absolute Gasteiger partial charge is 0.506 e. The smallest absolute Gasteiger partial charge is 0.450 e. The second kappa shape index (κ2) is 6.56. The molecule has 0 heterocycles. The summed E-state index contributed by atoms with van der Waals surface area (Å²) in [5.74, 6) is 0. The van der Waals surface area contributed by atoms with Crippen molar-refractivity contribution in [2.45, 2.75) is 11.5 Å². The zero-order valence-corrected chi connectivity index (χ0v) is 9.23. The Balaban J connectivity index is 0.00000169. The maximum absolute atomic E-state index is 10.1. The number of carboxylic acid groups (broad SMARTS) is 1. The van der Waals surface area contributed by atoms with Gasteiger partial charge in [-0.3, -0.25) is 0 Å². The maximum atomic E-state index is 10.1. The predicted molar refractivity (Wildman–Crippen MR) is 58.3 cm³/mol. The van der Waals surface area contributed by atoms with Crippen molar-refractivity contribution in [3.8, 4) is 0 Å². The van der Waals surface area contributed by atoms with Gasteiger partial charge in [-0.05, 0) is 24.0 Å². The summed E-state index contributed by atoms with van der Waals surface area (Å²) < 4.78 is 4.41. The van der Waals surface area contributed by atoms with E-state index in [0.29, 0.717) is 0 Å². The molecule has 0 amide bonds. The second-order valence-corrected chi connectivity index (χ2v) is 3.28. The van der Waals surface area contributed by atoms with Crippen molar-refractivity contribution >= 4 is 30.3 Å². The van der Waals surface area contributed by atoms with E-state index < -0.39 is 6.16 Å². The minimum absolute atomic E-state index is 0. The van der Waals surface area contributed by atoms with Crippen molar-refractivity contribution in [1.82, 2.24) is 0 Å². The lowest BCUT2D eigenvalue weighted by Crippen LogP contribution is -1.99. The molecule has 0 aliphatic heterocycles. The number of benzene rings is 1. The van der Waals surface area contributed by atoms with Crippen LogP contribution >= 0.6 is 24.2 Å². The molecule has 3 nitrogen and oxygen atoms in total. The van der Waals surface area contributed by atoms with E-state index in [-0.39, 0.29) is 19.0 Å². The summed E-state index contributed by atoms with van der Waals surface area (Å²) in [7, 11) is 0. The van der Waals surface area contributed by atoms with Crippen LogP contribution in [0.3, 0.4) is 0 Å². The summed E-state index contributed by atoms with van der Waals surface area (Å²) >= 11 is 1.64. The molecule has 0 radical (unpaired) electrons. The third-order valence-corrected chi connectivity index (χ3v) is 2.26. The number of carbonyl (C=O) groups is 1. The number of thioether (sulfide) groups is 1. The molecule has 0 atom stereocenters. The van der Waals surface area contributed by atoms with Crippen molar-refractivity contribution in [1.29, 1.82) is 0 Å². The Labute approximate surface area is 92.9 Å². The summed E-state index contributed by atoms with van der Waals surface area (Å²) in [5.41, 5.74) is 0.861. The van der Waals surface area contributed by atoms with Gasteiger partial charge in [0, 0.05) is 4.90 Å². The van der Waals surface area contributed by atoms with Gasteiger partial charge in [-0.1, -0.05) is 12.1 Å². The molecule has 78 valence electrons. The van der Waals surface area contributed by atoms with E-state index in [1.54, 1.807) is 11.8 Å². The van der Waals surface area contributed by atoms with Crippen LogP contribution in [-0.2, 0) is 11.3 Å². The van der Waals surface area contributed by atoms with Gasteiger partial charge in [0.05, 0.1) is 0 Å². The van der Waals surface area contributed by atoms with Crippen LogP contribution in [0.5, 0.6) is 0 Å². The highest BCUT2D eigenvalue weighted by Gasteiger charge is 1.98. The summed E-state index contributed by atoms with van der Waals surface area (Å²) in [4.78, 5) is 11.2. The second-order valence-electron chi connectivity index (χ2n) is 2.40. The van der Waals surface area contributed by atoms with Crippen LogP contribution in [0.2, 0.25) is 0 Å². The van der Waals surface area contributed by atoms with Gasteiger partial charge in [-0.2, -0.15) is 0 Å². The van der Waals surface area contributed by atoms with Gasteiger partial charge in [0.15, 0.2) is 0 Å². The summed E-state index contributed by atoms with van der Waals surface area (Å²) in [6.45, 7) is 0.115. The first-order valence-electron chi connectivity index (χ1n) is 3.71. The topological polar surface area (TPSA) is 46.5 Å². The van der Waals surface area contributed by atoms with Gasteiger partial charge in [0.25, 0.3) is 0 Å². The molecule has 0 saturated heterocycles. The normalized spacial score (nSPS) is 8.93. The monoisotopic (exact) mass is 234 g/mol. The molecule has 14 heavy (non-hydrogen) atoms. The van der Waals surface area contributed by atoms with Gasteiger partial charge < -0.3 is 9.84 Å². The fourth-order valence-corrected chi connectivity index (χ4v) is 1.28. The minimum atomic E-state index is -1.24. The number of hydrogen-bond acceptors (Lipinski definition) is 3. The van der Waals surface area contributed by atoms with E-state index in [1.807, 2.05) is 30.5 Å². The van der Waals surface area contributed by atoms with Gasteiger partial charge in [0.2, 0.25) is 0 Å². The molecular formula is C9H11ClO3S. The fraction of sp³-hybridized carbons (Fsp3) is 0.222. The van der Waals surface area contributed by atoms with E-state index in [4.69, 9.17) is 5.11 Å². The summed E-state index contributed by atoms with van der Waals surface area (Å²) in [5, 5.41) is 8.25. The standard InChI is InChI=1S/C9H10O3S.ClH/c1-13-8-4-2-7(3-5-8)6-12-9(10)11;/h2-5H,6H2,1H3,(H,10,11);1H. The minimum Gasteiger partial charge on any atom is -0.450 e. The number of rotatable bonds is 3. The van der Waals surface area contributed by atoms with Gasteiger partial charge in [-0.15, -0.1) is 24.2 Å². The van der Waals surface area contributed by atoms with Crippen LogP contribution in [0.25, 0.3) is 0 Å². The molecule has 0 bridgehead atoms. The molecule has 0 fully saturated rings. The average Bonchev–Trinajstić information content (AvgIpc) is 2.15. The van der Waals surface area contributed by atoms with Crippen molar-refractivity contribution < 1.29 is 14.6 Å². The van der Waals surface area contributed by atoms with E-state index in [0.717, 1.165) is 10.5 Å². The number of hydrogen-bond donors (Lipinski definition) is 1. The molecule has 0 spiro atoms. The lowest BCUT2D eigenvalue weighted by Gasteiger charge is -2.01. The van der Waals surface area contributed by atoms with Crippen LogP contribution in [0.4, 0.5) is 4.79 Å². The maximum Gasteiger partial charge on any atom is 0.506 e. The third kappa shape index (κ3) is 4.39. The number of halogens is 1. The van der Waals surface area contributed by atoms with Crippen molar-refractivity contribution in [3.63, 3.8) is 0 Å². The first-order chi connectivity index (χ1) is 6.22. The average molecular weight is 235 g/mol. The van der Waals surface area contributed by atoms with Crippen LogP contribution in [-0.4, -0.2) is 17.5 Å². The molecule has 0 unspecified atom stereocenters. The molecular weight excluding hydrogens is 224 g/mol. The quantitative estimate of drug-likeness (QED) is 0.645. The van der Waals surface area contributed by atoms with Crippen LogP contribution in [0.1, 0.15) is 5.56 Å². The zero-order chi connectivity index (χ0) is 9.68. The van der Waals surface area contributed by atoms with Crippen molar-refractivity contribution in [3.05, 3.63) is 29.8 Å². The van der Waals surface area contributed by atoms with E-state index in [9.17, 15) is 4.79 Å². The third-order valence-electron chi connectivity index (χ3n) is 1.52. The molecule has 0 aliphatic rings. The van der Waals surface area contributed by atoms with Gasteiger partial charge >= 0.3 is 6.16 Å². The molecule has 0 aromatic heterocycles. The highest BCUT2D eigenvalue weighted by Crippen LogP contribution is 2.15. The molecule has 1 N–H and O–H groups in total. The number of ether oxygens (including phenoxy) is 1. The SMILES string of the molecule is CSc1ccc(COC(=O)O)cc1.Cl. The predicted octanol–water partition coefficient (Wildman–Crippen LogP) is 3.02. The first kappa shape index (κ1) is 13.1. The van der Waals surface area contributed by atoms with Crippen LogP contribution < -0.4 is 0 Å². The highest BCUT2D eigenvalue weighted by atomic mass is 35.5. The Morgan fingerprint density at radius 3 is 2.43 bits per heavy atom. The highest BCUT2D eigenvalue weighted by molar-refractivity contribution is 7.98. The van der Waals surface area contributed by atoms with E-state index in [2.05, 4.69) is 4.74 Å². The molecule has 5 heteroatoms. The molecule has 1 aromatic rings. The lowest BCUT2D eigenvalue weighted by molar-refractivity contribution is 0.0854.